The largest absolute Gasteiger partial charge is 0.395 e. The summed E-state index contributed by atoms with van der Waals surface area (Å²) in [5.74, 6) is -2.51. The average Bonchev–Trinajstić information content (AvgIpc) is 3.09. The van der Waals surface area contributed by atoms with Crippen LogP contribution in [0, 0.1) is 18.8 Å². The number of carbonyl (C=O) groups excluding carboxylic acids is 3. The molecular weight excluding hydrogens is 482 g/mol. The zero-order valence-electron chi connectivity index (χ0n) is 20.8. The molecule has 0 aliphatic carbocycles. The second-order valence-corrected chi connectivity index (χ2v) is 10.6. The zero-order valence-corrected chi connectivity index (χ0v) is 21.6. The highest BCUT2D eigenvalue weighted by Crippen LogP contribution is 2.57. The van der Waals surface area contributed by atoms with Crippen LogP contribution in [0.2, 0.25) is 5.02 Å². The topological polar surface area (TPSA) is 90.4 Å². The highest BCUT2D eigenvalue weighted by molar-refractivity contribution is 6.34. The number of aliphatic hydroxyl groups is 1. The van der Waals surface area contributed by atoms with Crippen LogP contribution >= 0.6 is 11.6 Å². The third kappa shape index (κ3) is 3.45. The number of halogens is 1. The third-order valence-corrected chi connectivity index (χ3v) is 8.24. The number of aryl methyl sites for hydroxylation is 1. The van der Waals surface area contributed by atoms with Crippen LogP contribution in [-0.4, -0.2) is 82.7 Å². The van der Waals surface area contributed by atoms with E-state index in [1.54, 1.807) is 21.9 Å². The van der Waals surface area contributed by atoms with Gasteiger partial charge in [0.05, 0.1) is 34.8 Å². The molecule has 4 heterocycles. The summed E-state index contributed by atoms with van der Waals surface area (Å²) in [6, 6.07) is 4.39. The summed E-state index contributed by atoms with van der Waals surface area (Å²) in [7, 11) is 0. The summed E-state index contributed by atoms with van der Waals surface area (Å²) >= 11 is 6.54. The smallest absolute Gasteiger partial charge is 0.253 e. The van der Waals surface area contributed by atoms with Crippen molar-refractivity contribution in [1.29, 1.82) is 0 Å². The van der Waals surface area contributed by atoms with Crippen molar-refractivity contribution in [1.82, 2.24) is 9.80 Å². The number of anilines is 1. The molecule has 2 fully saturated rings. The van der Waals surface area contributed by atoms with Crippen LogP contribution in [-0.2, 0) is 19.1 Å². The summed E-state index contributed by atoms with van der Waals surface area (Å²) in [4.78, 5) is 46.9. The molecule has 1 spiro atoms. The fourth-order valence-corrected chi connectivity index (χ4v) is 6.88. The maximum Gasteiger partial charge on any atom is 0.253 e. The van der Waals surface area contributed by atoms with Crippen molar-refractivity contribution in [3.63, 3.8) is 0 Å². The molecule has 1 unspecified atom stereocenters. The lowest BCUT2D eigenvalue weighted by Gasteiger charge is -2.37. The molecular formula is C27H32ClN3O5. The molecule has 4 aliphatic heterocycles. The van der Waals surface area contributed by atoms with Crippen LogP contribution in [0.3, 0.4) is 0 Å². The quantitative estimate of drug-likeness (QED) is 0.610. The van der Waals surface area contributed by atoms with E-state index in [0.29, 0.717) is 23.8 Å². The first-order valence-corrected chi connectivity index (χ1v) is 12.9. The van der Waals surface area contributed by atoms with Gasteiger partial charge in [0.1, 0.15) is 11.6 Å². The molecule has 5 rings (SSSR count). The minimum atomic E-state index is -1.35. The molecule has 1 aromatic rings. The Morgan fingerprint density at radius 3 is 2.50 bits per heavy atom. The number of β-amino-alcohol motifs (C(OH)–C–C–N with tert-alkyl or cyclic N) is 1. The molecule has 192 valence electrons. The molecule has 0 bridgehead atoms. The Hall–Kier alpha value is -2.68. The highest BCUT2D eigenvalue weighted by Gasteiger charge is 2.74. The maximum absolute atomic E-state index is 14.3. The van der Waals surface area contributed by atoms with Gasteiger partial charge in [-0.05, 0) is 31.9 Å². The predicted molar refractivity (Wildman–Crippen MR) is 135 cm³/mol. The average molecular weight is 514 g/mol. The van der Waals surface area contributed by atoms with E-state index in [-0.39, 0.29) is 37.4 Å². The Kier molecular flexibility index (Phi) is 6.25. The van der Waals surface area contributed by atoms with Crippen molar-refractivity contribution in [3.8, 4) is 0 Å². The fraction of sp³-hybridized carbons (Fsp3) is 0.519. The van der Waals surface area contributed by atoms with Crippen LogP contribution in [0.1, 0.15) is 25.8 Å². The van der Waals surface area contributed by atoms with Gasteiger partial charge in [-0.25, -0.2) is 0 Å². The van der Waals surface area contributed by atoms with Crippen LogP contribution in [0.15, 0.2) is 42.5 Å². The van der Waals surface area contributed by atoms with Gasteiger partial charge in [0.2, 0.25) is 11.8 Å². The molecule has 9 heteroatoms. The summed E-state index contributed by atoms with van der Waals surface area (Å²) in [6.07, 6.45) is 8.20. The van der Waals surface area contributed by atoms with Crippen LogP contribution in [0.4, 0.5) is 5.69 Å². The fourth-order valence-electron chi connectivity index (χ4n) is 6.56. The molecule has 0 aromatic heterocycles. The van der Waals surface area contributed by atoms with Gasteiger partial charge in [0.15, 0.2) is 0 Å². The Bertz CT molecular complexity index is 1150. The standard InChI is InChI=1S/C27H32ClN3O5/c1-4-12-29-13-6-10-26(3)19(23(29)33)20-24(34)31(15-16-32)22-25(35)30(14-7-11-27(20,22)36-26)21-17(2)8-5-9-18(21)28/h5-11,19-20,22,32H,4,12-16H2,1-3H3/t19-,20+,22?,26+,27+/m1/s1. The van der Waals surface area contributed by atoms with Gasteiger partial charge in [0, 0.05) is 26.2 Å². The van der Waals surface area contributed by atoms with Crippen molar-refractivity contribution in [3.05, 3.63) is 53.1 Å². The normalized spacial score (nSPS) is 33.5. The molecule has 1 N–H and O–H groups in total. The number of likely N-dealkylation sites (tertiary alicyclic amines) is 1. The van der Waals surface area contributed by atoms with Crippen LogP contribution < -0.4 is 4.90 Å². The van der Waals surface area contributed by atoms with E-state index in [0.717, 1.165) is 12.0 Å². The number of fused-ring (bicyclic) bond motifs is 2. The number of hydrogen-bond acceptors (Lipinski definition) is 5. The van der Waals surface area contributed by atoms with Gasteiger partial charge < -0.3 is 24.5 Å². The van der Waals surface area contributed by atoms with Crippen molar-refractivity contribution in [2.24, 2.45) is 11.8 Å². The van der Waals surface area contributed by atoms with E-state index in [2.05, 4.69) is 0 Å². The molecule has 4 aliphatic rings. The number of carbonyl (C=O) groups is 3. The van der Waals surface area contributed by atoms with Crippen LogP contribution in [0.5, 0.6) is 0 Å². The molecule has 3 amide bonds. The van der Waals surface area contributed by atoms with E-state index in [1.165, 1.54) is 4.90 Å². The Morgan fingerprint density at radius 2 is 1.81 bits per heavy atom. The van der Waals surface area contributed by atoms with Gasteiger partial charge in [-0.15, -0.1) is 0 Å². The lowest BCUT2D eigenvalue weighted by Crippen LogP contribution is -2.56. The van der Waals surface area contributed by atoms with Gasteiger partial charge in [-0.1, -0.05) is 55.0 Å². The molecule has 0 radical (unpaired) electrons. The lowest BCUT2D eigenvalue weighted by atomic mass is 9.74. The Labute approximate surface area is 216 Å². The number of rotatable bonds is 5. The second-order valence-electron chi connectivity index (χ2n) is 10.2. The van der Waals surface area contributed by atoms with Gasteiger partial charge in [-0.2, -0.15) is 0 Å². The summed E-state index contributed by atoms with van der Waals surface area (Å²) in [5, 5.41) is 10.3. The highest BCUT2D eigenvalue weighted by atomic mass is 35.5. The van der Waals surface area contributed by atoms with E-state index >= 15 is 0 Å². The number of para-hydroxylation sites is 1. The third-order valence-electron chi connectivity index (χ3n) is 7.93. The van der Waals surface area contributed by atoms with E-state index in [1.807, 2.05) is 51.1 Å². The zero-order chi connectivity index (χ0) is 25.8. The number of hydrogen-bond donors (Lipinski definition) is 1. The molecule has 36 heavy (non-hydrogen) atoms. The molecule has 2 saturated heterocycles. The van der Waals surface area contributed by atoms with Crippen molar-refractivity contribution >= 4 is 35.0 Å². The Morgan fingerprint density at radius 1 is 1.06 bits per heavy atom. The summed E-state index contributed by atoms with van der Waals surface area (Å²) in [5.41, 5.74) is -0.993. The minimum Gasteiger partial charge on any atom is -0.395 e. The number of ether oxygens (including phenoxy) is 1. The number of amides is 3. The predicted octanol–water partition coefficient (Wildman–Crippen LogP) is 2.32. The van der Waals surface area contributed by atoms with Crippen molar-refractivity contribution in [2.45, 2.75) is 44.4 Å². The Balaban J connectivity index is 1.65. The maximum atomic E-state index is 14.3. The molecule has 1 aromatic carbocycles. The van der Waals surface area contributed by atoms with E-state index in [4.69, 9.17) is 16.3 Å². The molecule has 0 saturated carbocycles. The number of aliphatic hydroxyl groups excluding tert-OH is 1. The van der Waals surface area contributed by atoms with E-state index < -0.39 is 29.1 Å². The second kappa shape index (κ2) is 9.01. The molecule has 8 nitrogen and oxygen atoms in total. The van der Waals surface area contributed by atoms with E-state index in [9.17, 15) is 19.5 Å². The van der Waals surface area contributed by atoms with Gasteiger partial charge in [-0.3, -0.25) is 14.4 Å². The SMILES string of the molecule is CCCN1CC=C[C@]2(C)O[C@]34C=CCN(c5c(C)cccc5Cl)C(=O)C3N(CCO)C(=O)[C@@H]4[C@@H]2C1=O. The first kappa shape index (κ1) is 25.0. The van der Waals surface area contributed by atoms with Crippen molar-refractivity contribution < 1.29 is 24.2 Å². The summed E-state index contributed by atoms with van der Waals surface area (Å²) in [6.45, 7) is 6.63. The minimum absolute atomic E-state index is 0.0355. The lowest BCUT2D eigenvalue weighted by molar-refractivity contribution is -0.148. The number of nitrogens with zero attached hydrogens (tertiary/aromatic N) is 3. The first-order chi connectivity index (χ1) is 17.2. The molecule has 5 atom stereocenters. The van der Waals surface area contributed by atoms with Gasteiger partial charge >= 0.3 is 0 Å². The number of benzene rings is 1. The van der Waals surface area contributed by atoms with Crippen molar-refractivity contribution in [2.75, 3.05) is 37.7 Å². The van der Waals surface area contributed by atoms with Crippen LogP contribution in [0.25, 0.3) is 0 Å². The summed E-state index contributed by atoms with van der Waals surface area (Å²) < 4.78 is 6.74. The first-order valence-electron chi connectivity index (χ1n) is 12.5. The van der Waals surface area contributed by atoms with Gasteiger partial charge in [0.25, 0.3) is 5.91 Å². The monoisotopic (exact) mass is 513 g/mol.